The highest BCUT2D eigenvalue weighted by Gasteiger charge is 2.18. The molecule has 3 heterocycles. The van der Waals surface area contributed by atoms with Gasteiger partial charge in [0.15, 0.2) is 17.3 Å². The molecule has 1 aliphatic heterocycles. The van der Waals surface area contributed by atoms with Gasteiger partial charge >= 0.3 is 0 Å². The van der Waals surface area contributed by atoms with Gasteiger partial charge in [-0.25, -0.2) is 0 Å². The van der Waals surface area contributed by atoms with Crippen LogP contribution in [0.25, 0.3) is 23.1 Å². The summed E-state index contributed by atoms with van der Waals surface area (Å²) in [4.78, 5) is 0. The lowest BCUT2D eigenvalue weighted by Gasteiger charge is -2.03. The number of furan rings is 1. The van der Waals surface area contributed by atoms with Crippen molar-refractivity contribution in [2.45, 2.75) is 6.61 Å². The third kappa shape index (κ3) is 3.34. The Morgan fingerprint density at radius 2 is 1.68 bits per heavy atom. The maximum absolute atomic E-state index is 5.76. The van der Waals surface area contributed by atoms with Crippen LogP contribution in [0.3, 0.4) is 0 Å². The van der Waals surface area contributed by atoms with E-state index in [1.807, 2.05) is 42.5 Å². The number of ether oxygens (including phenoxy) is 3. The van der Waals surface area contributed by atoms with Crippen molar-refractivity contribution in [1.82, 2.24) is 10.2 Å². The number of nitrogens with zero attached hydrogens (tertiary/aromatic N) is 2. The number of benzene rings is 2. The minimum Gasteiger partial charge on any atom is -0.486 e. The first-order chi connectivity index (χ1) is 13.7. The summed E-state index contributed by atoms with van der Waals surface area (Å²) in [5.74, 6) is 3.91. The van der Waals surface area contributed by atoms with Crippen molar-refractivity contribution >= 4 is 15.9 Å². The highest BCUT2D eigenvalue weighted by Crippen LogP contribution is 2.36. The molecule has 8 heteroatoms. The lowest BCUT2D eigenvalue weighted by molar-refractivity contribution is 0.174. The van der Waals surface area contributed by atoms with Crippen LogP contribution in [0.15, 0.2) is 67.9 Å². The molecule has 0 fully saturated rings. The van der Waals surface area contributed by atoms with Gasteiger partial charge in [-0.2, -0.15) is 0 Å². The van der Waals surface area contributed by atoms with E-state index in [2.05, 4.69) is 26.1 Å². The minimum atomic E-state index is 0.214. The molecule has 0 atom stereocenters. The lowest BCUT2D eigenvalue weighted by atomic mass is 10.2. The number of rotatable bonds is 5. The molecule has 28 heavy (non-hydrogen) atoms. The normalized spacial score (nSPS) is 12.3. The molecule has 7 nitrogen and oxygen atoms in total. The van der Waals surface area contributed by atoms with Gasteiger partial charge in [-0.3, -0.25) is 0 Å². The summed E-state index contributed by atoms with van der Waals surface area (Å²) in [6, 6.07) is 16.6. The molecule has 2 aromatic heterocycles. The first-order valence-corrected chi connectivity index (χ1v) is 9.25. The maximum atomic E-state index is 5.76. The van der Waals surface area contributed by atoms with Crippen LogP contribution in [0.2, 0.25) is 0 Å². The van der Waals surface area contributed by atoms with E-state index in [-0.39, 0.29) is 6.79 Å². The Labute approximate surface area is 168 Å². The molecule has 4 aromatic rings. The smallest absolute Gasteiger partial charge is 0.283 e. The molecule has 0 radical (unpaired) electrons. The maximum Gasteiger partial charge on any atom is 0.283 e. The average molecular weight is 441 g/mol. The fraction of sp³-hybridized carbons (Fsp3) is 0.100. The summed E-state index contributed by atoms with van der Waals surface area (Å²) in [6.07, 6.45) is 0. The van der Waals surface area contributed by atoms with Gasteiger partial charge in [0.2, 0.25) is 12.7 Å². The molecule has 140 valence electrons. The van der Waals surface area contributed by atoms with Gasteiger partial charge in [-0.1, -0.05) is 15.9 Å². The number of hydrogen-bond donors (Lipinski definition) is 0. The molecule has 0 spiro atoms. The van der Waals surface area contributed by atoms with E-state index in [9.17, 15) is 0 Å². The number of hydrogen-bond acceptors (Lipinski definition) is 7. The van der Waals surface area contributed by atoms with E-state index in [4.69, 9.17) is 23.0 Å². The molecule has 5 rings (SSSR count). The number of aromatic nitrogens is 2. The van der Waals surface area contributed by atoms with Crippen molar-refractivity contribution in [3.8, 4) is 40.4 Å². The average Bonchev–Trinajstić information content (AvgIpc) is 3.46. The Balaban J connectivity index is 1.30. The Hall–Kier alpha value is -3.26. The second-order valence-electron chi connectivity index (χ2n) is 5.99. The zero-order chi connectivity index (χ0) is 18.9. The number of fused-ring (bicyclic) bond motifs is 1. The first-order valence-electron chi connectivity index (χ1n) is 8.45. The summed E-state index contributed by atoms with van der Waals surface area (Å²) >= 11 is 3.39. The minimum absolute atomic E-state index is 0.214. The predicted octanol–water partition coefficient (Wildman–Crippen LogP) is 5.07. The van der Waals surface area contributed by atoms with Crippen LogP contribution in [0.5, 0.6) is 17.2 Å². The van der Waals surface area contributed by atoms with Crippen LogP contribution in [0.4, 0.5) is 0 Å². The van der Waals surface area contributed by atoms with E-state index in [1.54, 1.807) is 12.1 Å². The van der Waals surface area contributed by atoms with Gasteiger partial charge in [0.25, 0.3) is 5.89 Å². The van der Waals surface area contributed by atoms with Crippen molar-refractivity contribution in [3.63, 3.8) is 0 Å². The quantitative estimate of drug-likeness (QED) is 0.428. The van der Waals surface area contributed by atoms with E-state index >= 15 is 0 Å². The van der Waals surface area contributed by atoms with Gasteiger partial charge in [0, 0.05) is 10.0 Å². The monoisotopic (exact) mass is 440 g/mol. The summed E-state index contributed by atoms with van der Waals surface area (Å²) in [6.45, 7) is 0.510. The fourth-order valence-electron chi connectivity index (χ4n) is 2.72. The highest BCUT2D eigenvalue weighted by atomic mass is 79.9. The van der Waals surface area contributed by atoms with E-state index in [0.29, 0.717) is 41.4 Å². The fourth-order valence-corrected chi connectivity index (χ4v) is 2.99. The molecular formula is C20H13BrN2O5. The van der Waals surface area contributed by atoms with Crippen LogP contribution in [0, 0.1) is 0 Å². The zero-order valence-electron chi connectivity index (χ0n) is 14.4. The molecule has 0 bridgehead atoms. The van der Waals surface area contributed by atoms with Crippen molar-refractivity contribution in [3.05, 3.63) is 64.8 Å². The van der Waals surface area contributed by atoms with Gasteiger partial charge < -0.3 is 23.0 Å². The molecule has 1 aliphatic rings. The standard InChI is InChI=1S/C20H13BrN2O5/c21-13-2-4-14(5-3-13)24-10-15-6-8-17(27-15)20-23-22-19(28-20)12-1-7-16-18(9-12)26-11-25-16/h1-9H,10-11H2. The predicted molar refractivity (Wildman–Crippen MR) is 102 cm³/mol. The molecule has 0 saturated carbocycles. The largest absolute Gasteiger partial charge is 0.486 e. The summed E-state index contributed by atoms with van der Waals surface area (Å²) in [5.41, 5.74) is 0.744. The number of halogens is 1. The Bertz CT molecular complexity index is 1120. The Morgan fingerprint density at radius 3 is 2.57 bits per heavy atom. The molecule has 0 unspecified atom stereocenters. The van der Waals surface area contributed by atoms with Gasteiger partial charge in [0.1, 0.15) is 18.1 Å². The molecule has 0 N–H and O–H groups in total. The molecule has 0 aliphatic carbocycles. The van der Waals surface area contributed by atoms with E-state index < -0.39 is 0 Å². The van der Waals surface area contributed by atoms with Crippen LogP contribution >= 0.6 is 15.9 Å². The van der Waals surface area contributed by atoms with Crippen LogP contribution in [-0.4, -0.2) is 17.0 Å². The van der Waals surface area contributed by atoms with Crippen LogP contribution in [-0.2, 0) is 6.61 Å². The second kappa shape index (κ2) is 7.05. The SMILES string of the molecule is Brc1ccc(OCc2ccc(-c3nnc(-c4ccc5c(c4)OCO5)o3)o2)cc1. The Morgan fingerprint density at radius 1 is 0.857 bits per heavy atom. The molecular weight excluding hydrogens is 428 g/mol. The van der Waals surface area contributed by atoms with Gasteiger partial charge in [-0.15, -0.1) is 10.2 Å². The molecule has 2 aromatic carbocycles. The lowest BCUT2D eigenvalue weighted by Crippen LogP contribution is -1.93. The molecule has 0 saturated heterocycles. The summed E-state index contributed by atoms with van der Waals surface area (Å²) < 4.78 is 28.9. The van der Waals surface area contributed by atoms with E-state index in [1.165, 1.54) is 0 Å². The summed E-state index contributed by atoms with van der Waals surface area (Å²) in [5, 5.41) is 8.16. The Kier molecular flexibility index (Phi) is 4.25. The highest BCUT2D eigenvalue weighted by molar-refractivity contribution is 9.10. The summed E-state index contributed by atoms with van der Waals surface area (Å²) in [7, 11) is 0. The zero-order valence-corrected chi connectivity index (χ0v) is 16.0. The van der Waals surface area contributed by atoms with Crippen molar-refractivity contribution < 1.29 is 23.0 Å². The van der Waals surface area contributed by atoms with Gasteiger partial charge in [0.05, 0.1) is 0 Å². The van der Waals surface area contributed by atoms with Gasteiger partial charge in [-0.05, 0) is 54.6 Å². The van der Waals surface area contributed by atoms with Crippen molar-refractivity contribution in [1.29, 1.82) is 0 Å². The van der Waals surface area contributed by atoms with Crippen LogP contribution < -0.4 is 14.2 Å². The van der Waals surface area contributed by atoms with Crippen molar-refractivity contribution in [2.75, 3.05) is 6.79 Å². The van der Waals surface area contributed by atoms with E-state index in [0.717, 1.165) is 15.8 Å². The van der Waals surface area contributed by atoms with Crippen molar-refractivity contribution in [2.24, 2.45) is 0 Å². The first kappa shape index (κ1) is 16.9. The second-order valence-corrected chi connectivity index (χ2v) is 6.90. The third-order valence-corrected chi connectivity index (χ3v) is 4.64. The third-order valence-electron chi connectivity index (χ3n) is 4.11. The topological polar surface area (TPSA) is 79.8 Å². The molecule has 0 amide bonds. The van der Waals surface area contributed by atoms with Crippen LogP contribution in [0.1, 0.15) is 5.76 Å².